The minimum Gasteiger partial charge on any atom is -0.348 e. The second-order valence-corrected chi connectivity index (χ2v) is 9.80. The van der Waals surface area contributed by atoms with Crippen LogP contribution in [0.4, 0.5) is 5.95 Å². The van der Waals surface area contributed by atoms with Gasteiger partial charge in [0.2, 0.25) is 11.9 Å². The van der Waals surface area contributed by atoms with Crippen LogP contribution in [0, 0.1) is 12.8 Å². The minimum absolute atomic E-state index is 0.00512. The number of aryl methyl sites for hydroxylation is 1. The summed E-state index contributed by atoms with van der Waals surface area (Å²) in [4.78, 5) is 32.9. The number of hydrogen-bond acceptors (Lipinski definition) is 3. The molecular formula is C30H32N4O2. The third kappa shape index (κ3) is 5.82. The Labute approximate surface area is 211 Å². The van der Waals surface area contributed by atoms with Crippen LogP contribution in [-0.4, -0.2) is 21.8 Å². The summed E-state index contributed by atoms with van der Waals surface area (Å²) in [5.41, 5.74) is 6.41. The number of hydrogen-bond donors (Lipinski definition) is 3. The van der Waals surface area contributed by atoms with Gasteiger partial charge in [0.15, 0.2) is 0 Å². The summed E-state index contributed by atoms with van der Waals surface area (Å²) in [6, 6.07) is 21.6. The molecule has 0 radical (unpaired) electrons. The summed E-state index contributed by atoms with van der Waals surface area (Å²) in [7, 11) is 0. The second-order valence-electron chi connectivity index (χ2n) is 9.80. The van der Waals surface area contributed by atoms with Crippen molar-refractivity contribution >= 4 is 28.8 Å². The minimum atomic E-state index is -0.109. The standard InChI is InChI=1S/C30H32N4O2/c1-20-9-11-22(12-10-20)19-31-29(36)25-8-4-7-23(17-25)24-14-15-26-27(18-24)33-30(32-26)34-28(35)16-13-21-5-2-3-6-21/h4,7-12,14-15,17-18,21H,2-3,5-6,13,16,19H2,1H3,(H,31,36)(H2,32,33,34,35). The van der Waals surface area contributed by atoms with E-state index in [0.29, 0.717) is 30.4 Å². The molecule has 0 spiro atoms. The fourth-order valence-corrected chi connectivity index (χ4v) is 4.91. The molecule has 1 aliphatic carbocycles. The van der Waals surface area contributed by atoms with Gasteiger partial charge in [-0.1, -0.05) is 73.7 Å². The van der Waals surface area contributed by atoms with E-state index in [1.165, 1.54) is 31.2 Å². The zero-order chi connectivity index (χ0) is 24.9. The molecule has 3 aromatic carbocycles. The van der Waals surface area contributed by atoms with Crippen LogP contribution in [0.3, 0.4) is 0 Å². The van der Waals surface area contributed by atoms with E-state index in [1.807, 2.05) is 73.7 Å². The van der Waals surface area contributed by atoms with E-state index in [9.17, 15) is 9.59 Å². The molecule has 0 bridgehead atoms. The highest BCUT2D eigenvalue weighted by atomic mass is 16.2. The smallest absolute Gasteiger partial charge is 0.251 e. The van der Waals surface area contributed by atoms with E-state index in [2.05, 4.69) is 20.6 Å². The van der Waals surface area contributed by atoms with Crippen molar-refractivity contribution in [1.82, 2.24) is 15.3 Å². The van der Waals surface area contributed by atoms with Crippen molar-refractivity contribution in [1.29, 1.82) is 0 Å². The molecule has 5 rings (SSSR count). The number of benzene rings is 3. The molecule has 1 aromatic heterocycles. The predicted molar refractivity (Wildman–Crippen MR) is 144 cm³/mol. The summed E-state index contributed by atoms with van der Waals surface area (Å²) in [6.45, 7) is 2.53. The molecule has 0 saturated heterocycles. The van der Waals surface area contributed by atoms with Gasteiger partial charge in [0.05, 0.1) is 11.0 Å². The molecular weight excluding hydrogens is 448 g/mol. The fraction of sp³-hybridized carbons (Fsp3) is 0.300. The molecule has 36 heavy (non-hydrogen) atoms. The van der Waals surface area contributed by atoms with Gasteiger partial charge in [-0.15, -0.1) is 0 Å². The molecule has 4 aromatic rings. The molecule has 1 heterocycles. The molecule has 6 heteroatoms. The Morgan fingerprint density at radius 3 is 2.56 bits per heavy atom. The number of amides is 2. The van der Waals surface area contributed by atoms with E-state index in [0.717, 1.165) is 34.1 Å². The topological polar surface area (TPSA) is 86.9 Å². The third-order valence-corrected chi connectivity index (χ3v) is 7.03. The lowest BCUT2D eigenvalue weighted by molar-refractivity contribution is -0.116. The number of fused-ring (bicyclic) bond motifs is 1. The molecule has 3 N–H and O–H groups in total. The van der Waals surface area contributed by atoms with Crippen LogP contribution in [0.5, 0.6) is 0 Å². The molecule has 0 aliphatic heterocycles. The van der Waals surface area contributed by atoms with Gasteiger partial charge in [-0.3, -0.25) is 14.9 Å². The highest BCUT2D eigenvalue weighted by Gasteiger charge is 2.17. The number of H-pyrrole nitrogens is 1. The van der Waals surface area contributed by atoms with Crippen molar-refractivity contribution in [3.05, 3.63) is 83.4 Å². The molecule has 1 saturated carbocycles. The lowest BCUT2D eigenvalue weighted by atomic mass is 10.0. The second kappa shape index (κ2) is 10.8. The summed E-state index contributed by atoms with van der Waals surface area (Å²) in [6.07, 6.45) is 6.56. The van der Waals surface area contributed by atoms with Crippen molar-refractivity contribution in [2.24, 2.45) is 5.92 Å². The number of rotatable bonds is 8. The van der Waals surface area contributed by atoms with Crippen LogP contribution < -0.4 is 10.6 Å². The summed E-state index contributed by atoms with van der Waals surface area (Å²) < 4.78 is 0. The Hall–Kier alpha value is -3.93. The number of carbonyl (C=O) groups excluding carboxylic acids is 2. The Balaban J connectivity index is 1.24. The van der Waals surface area contributed by atoms with Crippen LogP contribution in [0.25, 0.3) is 22.2 Å². The van der Waals surface area contributed by atoms with Gasteiger partial charge in [0.25, 0.3) is 5.91 Å². The number of aromatic amines is 1. The molecule has 6 nitrogen and oxygen atoms in total. The largest absolute Gasteiger partial charge is 0.348 e. The maximum absolute atomic E-state index is 12.8. The normalized spacial score (nSPS) is 13.7. The first-order valence-corrected chi connectivity index (χ1v) is 12.8. The number of anilines is 1. The number of carbonyl (C=O) groups is 2. The monoisotopic (exact) mass is 480 g/mol. The average molecular weight is 481 g/mol. The van der Waals surface area contributed by atoms with E-state index in [1.54, 1.807) is 0 Å². The van der Waals surface area contributed by atoms with Crippen molar-refractivity contribution in [2.75, 3.05) is 5.32 Å². The highest BCUT2D eigenvalue weighted by Crippen LogP contribution is 2.29. The Bertz CT molecular complexity index is 1370. The first kappa shape index (κ1) is 23.8. The quantitative estimate of drug-likeness (QED) is 0.274. The Morgan fingerprint density at radius 1 is 0.972 bits per heavy atom. The van der Waals surface area contributed by atoms with Crippen LogP contribution in [0.15, 0.2) is 66.7 Å². The molecule has 0 atom stereocenters. The molecule has 1 fully saturated rings. The molecule has 0 unspecified atom stereocenters. The zero-order valence-electron chi connectivity index (χ0n) is 20.6. The van der Waals surface area contributed by atoms with E-state index >= 15 is 0 Å². The maximum Gasteiger partial charge on any atom is 0.251 e. The molecule has 1 aliphatic rings. The first-order valence-electron chi connectivity index (χ1n) is 12.8. The van der Waals surface area contributed by atoms with Crippen molar-refractivity contribution < 1.29 is 9.59 Å². The lowest BCUT2D eigenvalue weighted by Gasteiger charge is -2.08. The number of nitrogens with one attached hydrogen (secondary N) is 3. The van der Waals surface area contributed by atoms with Gasteiger partial charge in [0, 0.05) is 18.5 Å². The van der Waals surface area contributed by atoms with Crippen molar-refractivity contribution in [3.63, 3.8) is 0 Å². The summed E-state index contributed by atoms with van der Waals surface area (Å²) in [5, 5.41) is 5.91. The maximum atomic E-state index is 12.8. The lowest BCUT2D eigenvalue weighted by Crippen LogP contribution is -2.22. The number of aromatic nitrogens is 2. The molecule has 184 valence electrons. The summed E-state index contributed by atoms with van der Waals surface area (Å²) >= 11 is 0. The Kier molecular flexibility index (Phi) is 7.12. The van der Waals surface area contributed by atoms with Gasteiger partial charge < -0.3 is 10.3 Å². The van der Waals surface area contributed by atoms with Crippen molar-refractivity contribution in [2.45, 2.75) is 52.0 Å². The number of imidazole rings is 1. The van der Waals surface area contributed by atoms with Crippen LogP contribution in [-0.2, 0) is 11.3 Å². The fourth-order valence-electron chi connectivity index (χ4n) is 4.91. The van der Waals surface area contributed by atoms with Crippen LogP contribution in [0.1, 0.15) is 60.0 Å². The highest BCUT2D eigenvalue weighted by molar-refractivity contribution is 5.96. The van der Waals surface area contributed by atoms with Gasteiger partial charge in [-0.05, 0) is 60.2 Å². The van der Waals surface area contributed by atoms with Crippen LogP contribution in [0.2, 0.25) is 0 Å². The van der Waals surface area contributed by atoms with Gasteiger partial charge in [0.1, 0.15) is 0 Å². The zero-order valence-corrected chi connectivity index (χ0v) is 20.6. The third-order valence-electron chi connectivity index (χ3n) is 7.03. The Morgan fingerprint density at radius 2 is 1.75 bits per heavy atom. The van der Waals surface area contributed by atoms with Gasteiger partial charge in [-0.25, -0.2) is 4.98 Å². The van der Waals surface area contributed by atoms with Crippen LogP contribution >= 0.6 is 0 Å². The van der Waals surface area contributed by atoms with E-state index < -0.39 is 0 Å². The van der Waals surface area contributed by atoms with E-state index in [-0.39, 0.29) is 11.8 Å². The van der Waals surface area contributed by atoms with Gasteiger partial charge in [-0.2, -0.15) is 0 Å². The number of nitrogens with zero attached hydrogens (tertiary/aromatic N) is 1. The SMILES string of the molecule is Cc1ccc(CNC(=O)c2cccc(-c3ccc4nc(NC(=O)CCC5CCCC5)[nH]c4c3)c2)cc1. The van der Waals surface area contributed by atoms with Gasteiger partial charge >= 0.3 is 0 Å². The van der Waals surface area contributed by atoms with Crippen molar-refractivity contribution in [3.8, 4) is 11.1 Å². The van der Waals surface area contributed by atoms with E-state index in [4.69, 9.17) is 0 Å². The predicted octanol–water partition coefficient (Wildman–Crippen LogP) is 6.38. The summed E-state index contributed by atoms with van der Waals surface area (Å²) in [5.74, 6) is 1.06. The molecule has 2 amide bonds. The first-order chi connectivity index (χ1) is 17.5. The average Bonchev–Trinajstić information content (AvgIpc) is 3.56.